The van der Waals surface area contributed by atoms with Crippen molar-refractivity contribution < 1.29 is 26.7 Å². The van der Waals surface area contributed by atoms with Crippen LogP contribution in [0.25, 0.3) is 0 Å². The molecule has 0 spiro atoms. The molecule has 21 heavy (non-hydrogen) atoms. The maximum atomic E-state index is 13.8. The lowest BCUT2D eigenvalue weighted by Crippen LogP contribution is -2.45. The van der Waals surface area contributed by atoms with E-state index in [2.05, 4.69) is 4.72 Å². The van der Waals surface area contributed by atoms with Crippen LogP contribution in [-0.4, -0.2) is 40.9 Å². The van der Waals surface area contributed by atoms with Crippen molar-refractivity contribution in [2.24, 2.45) is 0 Å². The molecular formula is C12H16F2N2O4S. The summed E-state index contributed by atoms with van der Waals surface area (Å²) in [6.45, 7) is 0.607. The summed E-state index contributed by atoms with van der Waals surface area (Å²) in [5.41, 5.74) is 3.55. The van der Waals surface area contributed by atoms with E-state index in [0.29, 0.717) is 13.0 Å². The van der Waals surface area contributed by atoms with Gasteiger partial charge in [0.25, 0.3) is 0 Å². The van der Waals surface area contributed by atoms with Crippen LogP contribution in [-0.2, 0) is 19.5 Å². The molecule has 1 saturated heterocycles. The largest absolute Gasteiger partial charge is 0.394 e. The molecule has 0 saturated carbocycles. The second-order valence-electron chi connectivity index (χ2n) is 4.79. The lowest BCUT2D eigenvalue weighted by Gasteiger charge is -2.25. The van der Waals surface area contributed by atoms with Gasteiger partial charge in [-0.15, -0.1) is 0 Å². The summed E-state index contributed by atoms with van der Waals surface area (Å²) in [5, 5.41) is 0. The third-order valence-electron chi connectivity index (χ3n) is 3.47. The van der Waals surface area contributed by atoms with Crippen molar-refractivity contribution in [2.75, 3.05) is 32.6 Å². The molecule has 0 bridgehead atoms. The fourth-order valence-electron chi connectivity index (χ4n) is 2.02. The number of nitrogens with two attached hydrogens (primary N) is 1. The Morgan fingerprint density at radius 2 is 2.19 bits per heavy atom. The number of sulfonamides is 1. The molecule has 118 valence electrons. The van der Waals surface area contributed by atoms with E-state index in [1.54, 1.807) is 0 Å². The predicted octanol–water partition coefficient (Wildman–Crippen LogP) is 0.631. The number of benzene rings is 1. The van der Waals surface area contributed by atoms with Crippen LogP contribution in [0.3, 0.4) is 0 Å². The van der Waals surface area contributed by atoms with Gasteiger partial charge in [0.1, 0.15) is 22.0 Å². The van der Waals surface area contributed by atoms with Gasteiger partial charge in [-0.25, -0.2) is 21.9 Å². The summed E-state index contributed by atoms with van der Waals surface area (Å²) in [5.74, 6) is -2.32. The molecular weight excluding hydrogens is 306 g/mol. The number of halogens is 2. The molecule has 2 rings (SSSR count). The van der Waals surface area contributed by atoms with Gasteiger partial charge in [-0.3, -0.25) is 0 Å². The second-order valence-corrected chi connectivity index (χ2v) is 6.52. The van der Waals surface area contributed by atoms with Gasteiger partial charge in [0.2, 0.25) is 10.0 Å². The highest BCUT2D eigenvalue weighted by molar-refractivity contribution is 7.89. The van der Waals surface area contributed by atoms with Crippen LogP contribution in [0.15, 0.2) is 17.0 Å². The molecule has 1 heterocycles. The first-order valence-corrected chi connectivity index (χ1v) is 7.66. The smallest absolute Gasteiger partial charge is 0.243 e. The molecule has 1 fully saturated rings. The van der Waals surface area contributed by atoms with E-state index in [4.69, 9.17) is 15.2 Å². The predicted molar refractivity (Wildman–Crippen MR) is 71.1 cm³/mol. The van der Waals surface area contributed by atoms with Gasteiger partial charge in [0.15, 0.2) is 5.82 Å². The van der Waals surface area contributed by atoms with Crippen LogP contribution in [0.4, 0.5) is 14.5 Å². The van der Waals surface area contributed by atoms with Crippen molar-refractivity contribution in [3.05, 3.63) is 23.8 Å². The van der Waals surface area contributed by atoms with Gasteiger partial charge in [0.05, 0.1) is 6.61 Å². The van der Waals surface area contributed by atoms with Gasteiger partial charge in [0, 0.05) is 26.7 Å². The molecule has 1 aliphatic heterocycles. The van der Waals surface area contributed by atoms with E-state index < -0.39 is 37.8 Å². The molecule has 3 N–H and O–H groups in total. The Bertz CT molecular complexity index is 630. The molecule has 0 amide bonds. The molecule has 0 radical (unpaired) electrons. The van der Waals surface area contributed by atoms with Crippen LogP contribution >= 0.6 is 0 Å². The summed E-state index contributed by atoms with van der Waals surface area (Å²) >= 11 is 0. The van der Waals surface area contributed by atoms with Crippen LogP contribution < -0.4 is 10.5 Å². The van der Waals surface area contributed by atoms with Crippen molar-refractivity contribution in [3.8, 4) is 0 Å². The minimum Gasteiger partial charge on any atom is -0.394 e. The molecule has 9 heteroatoms. The Balaban J connectivity index is 2.21. The van der Waals surface area contributed by atoms with Crippen molar-refractivity contribution >= 4 is 15.7 Å². The van der Waals surface area contributed by atoms with Crippen molar-refractivity contribution in [1.82, 2.24) is 4.72 Å². The molecule has 1 aromatic carbocycles. The summed E-state index contributed by atoms with van der Waals surface area (Å²) in [7, 11) is -2.73. The molecule has 1 aromatic rings. The Morgan fingerprint density at radius 1 is 1.48 bits per heavy atom. The first-order chi connectivity index (χ1) is 9.81. The number of rotatable bonds is 5. The van der Waals surface area contributed by atoms with Gasteiger partial charge >= 0.3 is 0 Å². The highest BCUT2D eigenvalue weighted by Gasteiger charge is 2.36. The average Bonchev–Trinajstić information content (AvgIpc) is 2.92. The topological polar surface area (TPSA) is 90.7 Å². The minimum absolute atomic E-state index is 0.0808. The number of methoxy groups -OCH3 is 1. The highest BCUT2D eigenvalue weighted by atomic mass is 32.2. The number of nitrogen functional groups attached to an aromatic ring is 1. The molecule has 1 unspecified atom stereocenters. The average molecular weight is 322 g/mol. The van der Waals surface area contributed by atoms with Crippen LogP contribution in [0.2, 0.25) is 0 Å². The Morgan fingerprint density at radius 3 is 2.76 bits per heavy atom. The van der Waals surface area contributed by atoms with E-state index >= 15 is 0 Å². The van der Waals surface area contributed by atoms with E-state index in [1.165, 1.54) is 7.11 Å². The first-order valence-electron chi connectivity index (χ1n) is 6.17. The SMILES string of the molecule is COC1(CNS(=O)(=O)c2ccc(F)c(N)c2F)CCOC1. The third-order valence-corrected chi connectivity index (χ3v) is 4.88. The second kappa shape index (κ2) is 5.84. The third kappa shape index (κ3) is 3.15. The summed E-state index contributed by atoms with van der Waals surface area (Å²) in [4.78, 5) is -0.702. The Labute approximate surface area is 121 Å². The summed E-state index contributed by atoms with van der Waals surface area (Å²) < 4.78 is 63.8. The van der Waals surface area contributed by atoms with Crippen molar-refractivity contribution in [3.63, 3.8) is 0 Å². The molecule has 0 aromatic heterocycles. The standard InChI is InChI=1S/C12H16F2N2O4S/c1-19-12(4-5-20-7-12)6-16-21(17,18)9-3-2-8(13)11(15)10(9)14/h2-3,16H,4-7,15H2,1H3. The normalized spacial score (nSPS) is 22.6. The van der Waals surface area contributed by atoms with Crippen LogP contribution in [0.1, 0.15) is 6.42 Å². The summed E-state index contributed by atoms with van der Waals surface area (Å²) in [6, 6.07) is 1.63. The maximum Gasteiger partial charge on any atom is 0.243 e. The quantitative estimate of drug-likeness (QED) is 0.776. The van der Waals surface area contributed by atoms with Crippen LogP contribution in [0, 0.1) is 11.6 Å². The zero-order valence-electron chi connectivity index (χ0n) is 11.4. The van der Waals surface area contributed by atoms with E-state index in [9.17, 15) is 17.2 Å². The Hall–Kier alpha value is -1.29. The maximum absolute atomic E-state index is 13.8. The minimum atomic E-state index is -4.17. The van der Waals surface area contributed by atoms with Gasteiger partial charge < -0.3 is 15.2 Å². The molecule has 6 nitrogen and oxygen atoms in total. The number of ether oxygens (including phenoxy) is 2. The van der Waals surface area contributed by atoms with E-state index in [0.717, 1.165) is 12.1 Å². The Kier molecular flexibility index (Phi) is 4.47. The van der Waals surface area contributed by atoms with Crippen molar-refractivity contribution in [1.29, 1.82) is 0 Å². The zero-order valence-corrected chi connectivity index (χ0v) is 12.2. The number of hydrogen-bond acceptors (Lipinski definition) is 5. The van der Waals surface area contributed by atoms with Crippen molar-refractivity contribution in [2.45, 2.75) is 16.9 Å². The molecule has 1 atom stereocenters. The molecule has 0 aliphatic carbocycles. The fraction of sp³-hybridized carbons (Fsp3) is 0.500. The number of nitrogens with one attached hydrogen (secondary N) is 1. The van der Waals surface area contributed by atoms with E-state index in [1.807, 2.05) is 0 Å². The first kappa shape index (κ1) is 16.1. The van der Waals surface area contributed by atoms with E-state index in [-0.39, 0.29) is 13.2 Å². The number of hydrogen-bond donors (Lipinski definition) is 2. The zero-order chi connectivity index (χ0) is 15.7. The van der Waals surface area contributed by atoms with Crippen LogP contribution in [0.5, 0.6) is 0 Å². The molecule has 1 aliphatic rings. The van der Waals surface area contributed by atoms with Gasteiger partial charge in [-0.05, 0) is 12.1 Å². The number of anilines is 1. The summed E-state index contributed by atoms with van der Waals surface area (Å²) in [6.07, 6.45) is 0.514. The van der Waals surface area contributed by atoms with Gasteiger partial charge in [-0.1, -0.05) is 0 Å². The lowest BCUT2D eigenvalue weighted by atomic mass is 10.0. The van der Waals surface area contributed by atoms with Gasteiger partial charge in [-0.2, -0.15) is 0 Å². The monoisotopic (exact) mass is 322 g/mol. The highest BCUT2D eigenvalue weighted by Crippen LogP contribution is 2.25. The lowest BCUT2D eigenvalue weighted by molar-refractivity contribution is -0.0120. The fourth-order valence-corrected chi connectivity index (χ4v) is 3.22.